The molecular weight excluding hydrogens is 344 g/mol. The molecule has 0 unspecified atom stereocenters. The highest BCUT2D eigenvalue weighted by Crippen LogP contribution is 2.38. The third-order valence-electron chi connectivity index (χ3n) is 5.96. The maximum atomic E-state index is 12.8. The summed E-state index contributed by atoms with van der Waals surface area (Å²) in [6, 6.07) is 6.93. The summed E-state index contributed by atoms with van der Waals surface area (Å²) in [5, 5.41) is 21.1. The van der Waals surface area contributed by atoms with Gasteiger partial charge in [0.2, 0.25) is 0 Å². The van der Waals surface area contributed by atoms with Gasteiger partial charge in [-0.2, -0.15) is 5.26 Å². The Morgan fingerprint density at radius 1 is 1.33 bits per heavy atom. The Balaban J connectivity index is 1.91. The molecule has 2 fully saturated rings. The zero-order chi connectivity index (χ0) is 19.8. The summed E-state index contributed by atoms with van der Waals surface area (Å²) >= 11 is 0. The average Bonchev–Trinajstić information content (AvgIpc) is 2.59. The van der Waals surface area contributed by atoms with Gasteiger partial charge in [0.15, 0.2) is 0 Å². The summed E-state index contributed by atoms with van der Waals surface area (Å²) in [5.74, 6) is 0.594. The van der Waals surface area contributed by atoms with Crippen LogP contribution in [0.1, 0.15) is 49.9 Å². The molecule has 0 bridgehead atoms. The molecule has 3 rings (SSSR count). The van der Waals surface area contributed by atoms with Crippen LogP contribution in [0.15, 0.2) is 18.2 Å². The number of nitro benzene ring substituents is 1. The predicted molar refractivity (Wildman–Crippen MR) is 103 cm³/mol. The van der Waals surface area contributed by atoms with E-state index in [9.17, 15) is 20.2 Å². The van der Waals surface area contributed by atoms with Crippen molar-refractivity contribution in [3.05, 3.63) is 33.9 Å². The van der Waals surface area contributed by atoms with E-state index in [1.807, 2.05) is 0 Å². The van der Waals surface area contributed by atoms with E-state index < -0.39 is 10.5 Å². The lowest BCUT2D eigenvalue weighted by Gasteiger charge is -2.43. The van der Waals surface area contributed by atoms with E-state index in [1.54, 1.807) is 19.2 Å². The highest BCUT2D eigenvalue weighted by Gasteiger charge is 2.44. The van der Waals surface area contributed by atoms with Crippen molar-refractivity contribution in [2.24, 2.45) is 11.8 Å². The summed E-state index contributed by atoms with van der Waals surface area (Å²) in [4.78, 5) is 27.6. The summed E-state index contributed by atoms with van der Waals surface area (Å²) in [7, 11) is 1.61. The lowest BCUT2D eigenvalue weighted by molar-refractivity contribution is -0.384. The molecule has 27 heavy (non-hydrogen) atoms. The van der Waals surface area contributed by atoms with E-state index in [1.165, 1.54) is 11.0 Å². The summed E-state index contributed by atoms with van der Waals surface area (Å²) < 4.78 is 0. The molecule has 1 saturated carbocycles. The predicted octanol–water partition coefficient (Wildman–Crippen LogP) is 3.60. The van der Waals surface area contributed by atoms with Crippen molar-refractivity contribution >= 4 is 17.3 Å². The first-order valence-electron chi connectivity index (χ1n) is 9.50. The fourth-order valence-electron chi connectivity index (χ4n) is 4.35. The van der Waals surface area contributed by atoms with Crippen LogP contribution in [0.5, 0.6) is 0 Å². The number of nitro groups is 1. The van der Waals surface area contributed by atoms with Crippen molar-refractivity contribution in [2.75, 3.05) is 25.0 Å². The molecule has 1 saturated heterocycles. The molecule has 7 heteroatoms. The van der Waals surface area contributed by atoms with Crippen LogP contribution in [0, 0.1) is 33.3 Å². The second kappa shape index (κ2) is 7.18. The first-order chi connectivity index (χ1) is 12.8. The fourth-order valence-corrected chi connectivity index (χ4v) is 4.35. The normalized spacial score (nSPS) is 23.9. The van der Waals surface area contributed by atoms with Crippen LogP contribution in [0.25, 0.3) is 0 Å². The molecule has 7 nitrogen and oxygen atoms in total. The van der Waals surface area contributed by atoms with Crippen LogP contribution in [0.2, 0.25) is 0 Å². The number of benzene rings is 1. The Kier molecular flexibility index (Phi) is 5.09. The smallest absolute Gasteiger partial charge is 0.293 e. The standard InChI is InChI=1S/C20H26N4O3/c1-14-9-15(2)12-23(11-14)17-6-5-16(10-18(17)24(26)27)19(25)22(3)20(13-21)7-4-8-20/h5-6,10,14-15H,4,7-9,11-12H2,1-3H3/t14-,15+. The molecule has 1 aromatic carbocycles. The van der Waals surface area contributed by atoms with Gasteiger partial charge >= 0.3 is 0 Å². The Bertz CT molecular complexity index is 787. The third kappa shape index (κ3) is 3.48. The van der Waals surface area contributed by atoms with Gasteiger partial charge in [-0.05, 0) is 49.7 Å². The van der Waals surface area contributed by atoms with Crippen LogP contribution < -0.4 is 4.90 Å². The maximum absolute atomic E-state index is 12.8. The molecule has 2 atom stereocenters. The molecule has 0 spiro atoms. The number of carbonyl (C=O) groups excluding carboxylic acids is 1. The minimum absolute atomic E-state index is 0.0461. The van der Waals surface area contributed by atoms with Gasteiger partial charge in [-0.15, -0.1) is 0 Å². The van der Waals surface area contributed by atoms with Crippen LogP contribution in [0.4, 0.5) is 11.4 Å². The van der Waals surface area contributed by atoms with E-state index in [2.05, 4.69) is 24.8 Å². The fraction of sp³-hybridized carbons (Fsp3) is 0.600. The number of hydrogen-bond donors (Lipinski definition) is 0. The van der Waals surface area contributed by atoms with Crippen molar-refractivity contribution in [2.45, 2.75) is 45.1 Å². The Hall–Kier alpha value is -2.62. The van der Waals surface area contributed by atoms with Gasteiger partial charge in [-0.3, -0.25) is 14.9 Å². The number of nitriles is 1. The van der Waals surface area contributed by atoms with Crippen molar-refractivity contribution < 1.29 is 9.72 Å². The van der Waals surface area contributed by atoms with E-state index in [0.717, 1.165) is 25.9 Å². The van der Waals surface area contributed by atoms with E-state index >= 15 is 0 Å². The molecule has 1 amide bonds. The number of rotatable bonds is 4. The number of piperidine rings is 1. The summed E-state index contributed by atoms with van der Waals surface area (Å²) in [5.41, 5.74) is 0.00132. The molecule has 1 aliphatic carbocycles. The molecule has 144 valence electrons. The third-order valence-corrected chi connectivity index (χ3v) is 5.96. The lowest BCUT2D eigenvalue weighted by Crippen LogP contribution is -2.53. The number of carbonyl (C=O) groups is 1. The summed E-state index contributed by atoms with van der Waals surface area (Å²) in [6.07, 6.45) is 3.32. The molecule has 0 N–H and O–H groups in total. The van der Waals surface area contributed by atoms with Gasteiger partial charge in [0.05, 0.1) is 11.0 Å². The minimum Gasteiger partial charge on any atom is -0.365 e. The number of amides is 1. The molecule has 2 aliphatic rings. The monoisotopic (exact) mass is 370 g/mol. The van der Waals surface area contributed by atoms with Crippen molar-refractivity contribution in [1.29, 1.82) is 5.26 Å². The van der Waals surface area contributed by atoms with Crippen molar-refractivity contribution in [3.63, 3.8) is 0 Å². The van der Waals surface area contributed by atoms with Crippen LogP contribution >= 0.6 is 0 Å². The second-order valence-electron chi connectivity index (χ2n) is 8.17. The average molecular weight is 370 g/mol. The molecule has 1 aromatic rings. The quantitative estimate of drug-likeness (QED) is 0.597. The first-order valence-corrected chi connectivity index (χ1v) is 9.50. The molecule has 0 aromatic heterocycles. The van der Waals surface area contributed by atoms with Crippen molar-refractivity contribution in [3.8, 4) is 6.07 Å². The molecule has 0 radical (unpaired) electrons. The SMILES string of the molecule is C[C@@H]1C[C@H](C)CN(c2ccc(C(=O)N(C)C3(C#N)CCC3)cc2[N+](=O)[O-])C1. The molecule has 1 heterocycles. The van der Waals surface area contributed by atoms with Crippen LogP contribution in [-0.2, 0) is 0 Å². The molecular formula is C20H26N4O3. The zero-order valence-electron chi connectivity index (χ0n) is 16.1. The van der Waals surface area contributed by atoms with Crippen LogP contribution in [-0.4, -0.2) is 41.4 Å². The van der Waals surface area contributed by atoms with Gasteiger partial charge in [0, 0.05) is 31.8 Å². The van der Waals surface area contributed by atoms with Gasteiger partial charge in [0.25, 0.3) is 11.6 Å². The van der Waals surface area contributed by atoms with Crippen LogP contribution in [0.3, 0.4) is 0 Å². The highest BCUT2D eigenvalue weighted by molar-refractivity contribution is 5.96. The summed E-state index contributed by atoms with van der Waals surface area (Å²) in [6.45, 7) is 5.86. The van der Waals surface area contributed by atoms with Gasteiger partial charge in [0.1, 0.15) is 11.2 Å². The van der Waals surface area contributed by atoms with Gasteiger partial charge in [-0.25, -0.2) is 0 Å². The lowest BCUT2D eigenvalue weighted by atomic mass is 9.76. The topological polar surface area (TPSA) is 90.5 Å². The number of anilines is 1. The van der Waals surface area contributed by atoms with Gasteiger partial charge in [-0.1, -0.05) is 13.8 Å². The Morgan fingerprint density at radius 3 is 2.44 bits per heavy atom. The van der Waals surface area contributed by atoms with Crippen molar-refractivity contribution in [1.82, 2.24) is 4.90 Å². The molecule has 1 aliphatic heterocycles. The largest absolute Gasteiger partial charge is 0.365 e. The van der Waals surface area contributed by atoms with E-state index in [4.69, 9.17) is 0 Å². The van der Waals surface area contributed by atoms with E-state index in [0.29, 0.717) is 30.4 Å². The minimum atomic E-state index is -0.776. The Morgan fingerprint density at radius 2 is 1.96 bits per heavy atom. The zero-order valence-corrected chi connectivity index (χ0v) is 16.1. The second-order valence-corrected chi connectivity index (χ2v) is 8.17. The number of nitrogens with zero attached hydrogens (tertiary/aromatic N) is 4. The maximum Gasteiger partial charge on any atom is 0.293 e. The van der Waals surface area contributed by atoms with Gasteiger partial charge < -0.3 is 9.80 Å². The number of hydrogen-bond acceptors (Lipinski definition) is 5. The first kappa shape index (κ1) is 19.2. The Labute approximate surface area is 159 Å². The van der Waals surface area contributed by atoms with E-state index in [-0.39, 0.29) is 17.2 Å². The highest BCUT2D eigenvalue weighted by atomic mass is 16.6.